The van der Waals surface area contributed by atoms with Crippen LogP contribution >= 0.6 is 0 Å². The van der Waals surface area contributed by atoms with E-state index in [1.807, 2.05) is 0 Å². The SMILES string of the molecule is CCC(CCO)NC(CN)c1ccc2ccccc2c1. The molecule has 0 spiro atoms. The molecule has 0 aromatic heterocycles. The van der Waals surface area contributed by atoms with Crippen LogP contribution in [0.5, 0.6) is 0 Å². The molecule has 0 fully saturated rings. The molecule has 3 nitrogen and oxygen atoms in total. The molecule has 0 saturated carbocycles. The van der Waals surface area contributed by atoms with Gasteiger partial charge < -0.3 is 16.2 Å². The van der Waals surface area contributed by atoms with Crippen molar-refractivity contribution in [2.45, 2.75) is 31.8 Å². The molecular formula is C17H24N2O. The number of nitrogens with one attached hydrogen (secondary N) is 1. The zero-order valence-corrected chi connectivity index (χ0v) is 12.0. The molecule has 0 bridgehead atoms. The maximum absolute atomic E-state index is 9.09. The Kier molecular flexibility index (Phi) is 5.53. The average molecular weight is 272 g/mol. The van der Waals surface area contributed by atoms with Gasteiger partial charge in [-0.05, 0) is 35.2 Å². The number of rotatable bonds is 7. The highest BCUT2D eigenvalue weighted by Crippen LogP contribution is 2.21. The summed E-state index contributed by atoms with van der Waals surface area (Å²) in [6, 6.07) is 15.3. The fourth-order valence-electron chi connectivity index (χ4n) is 2.57. The first-order valence-electron chi connectivity index (χ1n) is 7.34. The van der Waals surface area contributed by atoms with Crippen LogP contribution in [-0.2, 0) is 0 Å². The zero-order chi connectivity index (χ0) is 14.4. The summed E-state index contributed by atoms with van der Waals surface area (Å²) in [6.07, 6.45) is 1.76. The van der Waals surface area contributed by atoms with Crippen molar-refractivity contribution in [2.75, 3.05) is 13.2 Å². The van der Waals surface area contributed by atoms with Crippen molar-refractivity contribution in [3.63, 3.8) is 0 Å². The van der Waals surface area contributed by atoms with Crippen molar-refractivity contribution >= 4 is 10.8 Å². The Labute approximate surface area is 120 Å². The first-order valence-corrected chi connectivity index (χ1v) is 7.34. The van der Waals surface area contributed by atoms with Crippen molar-refractivity contribution in [1.29, 1.82) is 0 Å². The van der Waals surface area contributed by atoms with Gasteiger partial charge in [0.05, 0.1) is 0 Å². The molecule has 108 valence electrons. The Bertz CT molecular complexity index is 541. The fourth-order valence-corrected chi connectivity index (χ4v) is 2.57. The van der Waals surface area contributed by atoms with Gasteiger partial charge in [-0.25, -0.2) is 0 Å². The Morgan fingerprint density at radius 1 is 1.15 bits per heavy atom. The van der Waals surface area contributed by atoms with Crippen molar-refractivity contribution in [3.05, 3.63) is 48.0 Å². The van der Waals surface area contributed by atoms with Gasteiger partial charge in [-0.1, -0.05) is 43.3 Å². The van der Waals surface area contributed by atoms with Crippen molar-refractivity contribution in [2.24, 2.45) is 5.73 Å². The standard InChI is InChI=1S/C17H24N2O/c1-2-16(9-10-20)19-17(12-18)15-8-7-13-5-3-4-6-14(13)11-15/h3-8,11,16-17,19-20H,2,9-10,12,18H2,1H3. The summed E-state index contributed by atoms with van der Waals surface area (Å²) in [5, 5.41) is 15.1. The normalized spacial score (nSPS) is 14.3. The fraction of sp³-hybridized carbons (Fsp3) is 0.412. The lowest BCUT2D eigenvalue weighted by Crippen LogP contribution is -2.37. The van der Waals surface area contributed by atoms with E-state index in [1.165, 1.54) is 16.3 Å². The highest BCUT2D eigenvalue weighted by atomic mass is 16.3. The number of hydrogen-bond acceptors (Lipinski definition) is 3. The second-order valence-corrected chi connectivity index (χ2v) is 5.18. The van der Waals surface area contributed by atoms with Gasteiger partial charge in [-0.2, -0.15) is 0 Å². The Hall–Kier alpha value is -1.42. The molecular weight excluding hydrogens is 248 g/mol. The van der Waals surface area contributed by atoms with E-state index in [0.717, 1.165) is 12.8 Å². The van der Waals surface area contributed by atoms with Crippen LogP contribution in [0.3, 0.4) is 0 Å². The number of fused-ring (bicyclic) bond motifs is 1. The highest BCUT2D eigenvalue weighted by molar-refractivity contribution is 5.83. The average Bonchev–Trinajstić information content (AvgIpc) is 2.51. The van der Waals surface area contributed by atoms with Crippen LogP contribution in [0.25, 0.3) is 10.8 Å². The summed E-state index contributed by atoms with van der Waals surface area (Å²) in [7, 11) is 0. The summed E-state index contributed by atoms with van der Waals surface area (Å²) in [4.78, 5) is 0. The summed E-state index contributed by atoms with van der Waals surface area (Å²) in [6.45, 7) is 2.89. The van der Waals surface area contributed by atoms with Crippen LogP contribution in [0.1, 0.15) is 31.4 Å². The Balaban J connectivity index is 2.20. The molecule has 2 unspecified atom stereocenters. The van der Waals surface area contributed by atoms with Crippen LogP contribution in [0.4, 0.5) is 0 Å². The smallest absolute Gasteiger partial charge is 0.0446 e. The lowest BCUT2D eigenvalue weighted by atomic mass is 10.0. The van der Waals surface area contributed by atoms with E-state index in [0.29, 0.717) is 12.6 Å². The predicted molar refractivity (Wildman–Crippen MR) is 84.7 cm³/mol. The topological polar surface area (TPSA) is 58.3 Å². The van der Waals surface area contributed by atoms with Gasteiger partial charge in [0, 0.05) is 25.2 Å². The van der Waals surface area contributed by atoms with Crippen molar-refractivity contribution < 1.29 is 5.11 Å². The zero-order valence-electron chi connectivity index (χ0n) is 12.0. The summed E-state index contributed by atoms with van der Waals surface area (Å²) >= 11 is 0. The third-order valence-corrected chi connectivity index (χ3v) is 3.82. The van der Waals surface area contributed by atoms with E-state index in [-0.39, 0.29) is 12.6 Å². The van der Waals surface area contributed by atoms with Gasteiger partial charge in [-0.3, -0.25) is 0 Å². The van der Waals surface area contributed by atoms with Gasteiger partial charge in [-0.15, -0.1) is 0 Å². The molecule has 0 heterocycles. The molecule has 3 heteroatoms. The lowest BCUT2D eigenvalue weighted by Gasteiger charge is -2.24. The maximum Gasteiger partial charge on any atom is 0.0446 e. The van der Waals surface area contributed by atoms with E-state index in [2.05, 4.69) is 54.7 Å². The minimum Gasteiger partial charge on any atom is -0.396 e. The number of aliphatic hydroxyl groups is 1. The summed E-state index contributed by atoms with van der Waals surface area (Å²) < 4.78 is 0. The molecule has 0 aliphatic rings. The summed E-state index contributed by atoms with van der Waals surface area (Å²) in [5.41, 5.74) is 7.13. The van der Waals surface area contributed by atoms with Gasteiger partial charge >= 0.3 is 0 Å². The molecule has 20 heavy (non-hydrogen) atoms. The van der Waals surface area contributed by atoms with Crippen LogP contribution in [0.15, 0.2) is 42.5 Å². The Morgan fingerprint density at radius 2 is 1.90 bits per heavy atom. The molecule has 2 atom stereocenters. The minimum atomic E-state index is 0.135. The first kappa shape index (κ1) is 15.0. The molecule has 2 aromatic rings. The highest BCUT2D eigenvalue weighted by Gasteiger charge is 2.14. The van der Waals surface area contributed by atoms with E-state index in [4.69, 9.17) is 10.8 Å². The molecule has 0 radical (unpaired) electrons. The number of hydrogen-bond donors (Lipinski definition) is 3. The predicted octanol–water partition coefficient (Wildman–Crippen LogP) is 2.59. The van der Waals surface area contributed by atoms with Crippen LogP contribution in [-0.4, -0.2) is 24.3 Å². The molecule has 0 aliphatic carbocycles. The molecule has 0 saturated heterocycles. The van der Waals surface area contributed by atoms with E-state index >= 15 is 0 Å². The largest absolute Gasteiger partial charge is 0.396 e. The van der Waals surface area contributed by atoms with Crippen LogP contribution in [0, 0.1) is 0 Å². The third kappa shape index (κ3) is 3.57. The number of benzene rings is 2. The van der Waals surface area contributed by atoms with Gasteiger partial charge in [0.1, 0.15) is 0 Å². The van der Waals surface area contributed by atoms with Gasteiger partial charge in [0.25, 0.3) is 0 Å². The second-order valence-electron chi connectivity index (χ2n) is 5.18. The molecule has 0 aliphatic heterocycles. The number of aliphatic hydroxyl groups excluding tert-OH is 1. The first-order chi connectivity index (χ1) is 9.78. The maximum atomic E-state index is 9.09. The molecule has 4 N–H and O–H groups in total. The summed E-state index contributed by atoms with van der Waals surface area (Å²) in [5.74, 6) is 0. The monoisotopic (exact) mass is 272 g/mol. The lowest BCUT2D eigenvalue weighted by molar-refractivity contribution is 0.256. The second kappa shape index (κ2) is 7.39. The minimum absolute atomic E-state index is 0.135. The molecule has 2 rings (SSSR count). The van der Waals surface area contributed by atoms with Gasteiger partial charge in [0.15, 0.2) is 0 Å². The van der Waals surface area contributed by atoms with E-state index < -0.39 is 0 Å². The van der Waals surface area contributed by atoms with Crippen molar-refractivity contribution in [3.8, 4) is 0 Å². The Morgan fingerprint density at radius 3 is 2.55 bits per heavy atom. The van der Waals surface area contributed by atoms with Gasteiger partial charge in [0.2, 0.25) is 0 Å². The third-order valence-electron chi connectivity index (χ3n) is 3.82. The van der Waals surface area contributed by atoms with Crippen LogP contribution in [0.2, 0.25) is 0 Å². The van der Waals surface area contributed by atoms with E-state index in [9.17, 15) is 0 Å². The van der Waals surface area contributed by atoms with Crippen molar-refractivity contribution in [1.82, 2.24) is 5.32 Å². The van der Waals surface area contributed by atoms with Crippen LogP contribution < -0.4 is 11.1 Å². The van der Waals surface area contributed by atoms with E-state index in [1.54, 1.807) is 0 Å². The number of nitrogens with two attached hydrogens (primary N) is 1. The molecule has 2 aromatic carbocycles. The quantitative estimate of drug-likeness (QED) is 0.726. The molecule has 0 amide bonds.